The molecule has 3 heteroatoms. The zero-order chi connectivity index (χ0) is 30.6. The average molecular weight is 587 g/mol. The van der Waals surface area contributed by atoms with Gasteiger partial charge in [-0.15, -0.1) is 0 Å². The highest BCUT2D eigenvalue weighted by Gasteiger charge is 2.19. The van der Waals surface area contributed by atoms with Crippen LogP contribution in [0.25, 0.3) is 21.9 Å². The molecule has 6 aromatic carbocycles. The molecule has 0 N–H and O–H groups in total. The van der Waals surface area contributed by atoms with Crippen LogP contribution in [0.4, 0.5) is 11.4 Å². The molecule has 45 heavy (non-hydrogen) atoms. The Morgan fingerprint density at radius 1 is 0.400 bits per heavy atom. The quantitative estimate of drug-likeness (QED) is 0.159. The summed E-state index contributed by atoms with van der Waals surface area (Å²) in [6, 6.07) is 52.1. The van der Waals surface area contributed by atoms with Crippen LogP contribution in [0.3, 0.4) is 0 Å². The number of hydrogen-bond acceptors (Lipinski definition) is 3. The van der Waals surface area contributed by atoms with Gasteiger partial charge in [0.15, 0.2) is 0 Å². The summed E-state index contributed by atoms with van der Waals surface area (Å²) >= 11 is 0. The van der Waals surface area contributed by atoms with E-state index in [9.17, 15) is 0 Å². The maximum absolute atomic E-state index is 6.52. The van der Waals surface area contributed by atoms with E-state index in [-0.39, 0.29) is 0 Å². The monoisotopic (exact) mass is 586 g/mol. The predicted molar refractivity (Wildman–Crippen MR) is 189 cm³/mol. The van der Waals surface area contributed by atoms with Gasteiger partial charge in [-0.3, -0.25) is 0 Å². The number of aryl methyl sites for hydroxylation is 2. The van der Waals surface area contributed by atoms with E-state index >= 15 is 0 Å². The molecule has 0 bridgehead atoms. The van der Waals surface area contributed by atoms with Crippen LogP contribution >= 0.6 is 0 Å². The molecule has 3 nitrogen and oxygen atoms in total. The van der Waals surface area contributed by atoms with Crippen molar-refractivity contribution in [2.24, 2.45) is 0 Å². The van der Waals surface area contributed by atoms with Crippen molar-refractivity contribution in [2.75, 3.05) is 9.80 Å². The largest absolute Gasteiger partial charge is 0.456 e. The van der Waals surface area contributed by atoms with Gasteiger partial charge in [0.2, 0.25) is 0 Å². The fourth-order valence-electron chi connectivity index (χ4n) is 6.40. The molecule has 0 radical (unpaired) electrons. The van der Waals surface area contributed by atoms with Crippen molar-refractivity contribution in [2.45, 2.75) is 40.0 Å². The molecule has 7 aromatic rings. The first-order valence-corrected chi connectivity index (χ1v) is 15.7. The summed E-state index contributed by atoms with van der Waals surface area (Å²) in [7, 11) is 0. The van der Waals surface area contributed by atoms with E-state index < -0.39 is 0 Å². The van der Waals surface area contributed by atoms with E-state index in [0.29, 0.717) is 0 Å². The number of hydrogen-bond donors (Lipinski definition) is 0. The molecule has 1 aromatic heterocycles. The van der Waals surface area contributed by atoms with Gasteiger partial charge < -0.3 is 14.2 Å². The SMILES string of the molecule is Cc1cc2oc3cc(C)c(N(Cc4ccccc4)Cc4ccccc4)cc3c2cc1N(Cc1ccccc1)Cc1ccccc1. The lowest BCUT2D eigenvalue weighted by Gasteiger charge is -2.27. The molecule has 0 atom stereocenters. The molecule has 0 aliphatic rings. The minimum atomic E-state index is 0.824. The van der Waals surface area contributed by atoms with Crippen LogP contribution in [0, 0.1) is 13.8 Å². The minimum Gasteiger partial charge on any atom is -0.456 e. The van der Waals surface area contributed by atoms with E-state index in [1.54, 1.807) is 0 Å². The van der Waals surface area contributed by atoms with Crippen molar-refractivity contribution in [1.29, 1.82) is 0 Å². The van der Waals surface area contributed by atoms with Gasteiger partial charge in [-0.1, -0.05) is 121 Å². The summed E-state index contributed by atoms with van der Waals surface area (Å²) in [4.78, 5) is 4.98. The Kier molecular flexibility index (Phi) is 8.07. The smallest absolute Gasteiger partial charge is 0.135 e. The Morgan fingerprint density at radius 3 is 0.978 bits per heavy atom. The normalized spacial score (nSPS) is 11.2. The van der Waals surface area contributed by atoms with Gasteiger partial charge >= 0.3 is 0 Å². The lowest BCUT2D eigenvalue weighted by molar-refractivity contribution is 0.667. The first kappa shape index (κ1) is 28.5. The molecule has 0 amide bonds. The van der Waals surface area contributed by atoms with Crippen molar-refractivity contribution < 1.29 is 4.42 Å². The number of nitrogens with zero attached hydrogens (tertiary/aromatic N) is 2. The van der Waals surface area contributed by atoms with Crippen LogP contribution in [0.5, 0.6) is 0 Å². The van der Waals surface area contributed by atoms with Crippen molar-refractivity contribution in [1.82, 2.24) is 0 Å². The van der Waals surface area contributed by atoms with E-state index in [4.69, 9.17) is 4.42 Å². The van der Waals surface area contributed by atoms with Crippen LogP contribution in [0.15, 0.2) is 150 Å². The second-order valence-electron chi connectivity index (χ2n) is 12.0. The average Bonchev–Trinajstić information content (AvgIpc) is 3.41. The first-order chi connectivity index (χ1) is 22.1. The van der Waals surface area contributed by atoms with Gasteiger partial charge in [0, 0.05) is 48.3 Å². The van der Waals surface area contributed by atoms with Crippen LogP contribution in [0.2, 0.25) is 0 Å². The number of rotatable bonds is 10. The summed E-state index contributed by atoms with van der Waals surface area (Å²) in [5.74, 6) is 0. The Bertz CT molecular complexity index is 1790. The third-order valence-electron chi connectivity index (χ3n) is 8.65. The van der Waals surface area contributed by atoms with E-state index in [1.165, 1.54) is 44.8 Å². The van der Waals surface area contributed by atoms with E-state index in [0.717, 1.165) is 48.1 Å². The van der Waals surface area contributed by atoms with Gasteiger partial charge in [0.05, 0.1) is 0 Å². The Labute approximate surface area is 266 Å². The number of anilines is 2. The molecule has 222 valence electrons. The maximum atomic E-state index is 6.52. The third kappa shape index (κ3) is 6.34. The highest BCUT2D eigenvalue weighted by Crippen LogP contribution is 2.39. The van der Waals surface area contributed by atoms with Crippen molar-refractivity contribution in [3.05, 3.63) is 179 Å². The van der Waals surface area contributed by atoms with Crippen LogP contribution < -0.4 is 9.80 Å². The van der Waals surface area contributed by atoms with Crippen LogP contribution in [-0.2, 0) is 26.2 Å². The summed E-state index contributed by atoms with van der Waals surface area (Å²) in [6.45, 7) is 7.69. The molecule has 0 aliphatic carbocycles. The van der Waals surface area contributed by atoms with Crippen LogP contribution in [-0.4, -0.2) is 0 Å². The topological polar surface area (TPSA) is 19.6 Å². The van der Waals surface area contributed by atoms with Gasteiger partial charge in [-0.25, -0.2) is 0 Å². The highest BCUT2D eigenvalue weighted by molar-refractivity contribution is 6.08. The lowest BCUT2D eigenvalue weighted by atomic mass is 10.0. The molecule has 0 saturated carbocycles. The van der Waals surface area contributed by atoms with Gasteiger partial charge in [0.25, 0.3) is 0 Å². The van der Waals surface area contributed by atoms with E-state index in [2.05, 4.69) is 169 Å². The molecule has 0 saturated heterocycles. The number of furan rings is 1. The fraction of sp³-hybridized carbons (Fsp3) is 0.143. The summed E-state index contributed by atoms with van der Waals surface area (Å²) in [5, 5.41) is 2.30. The fourth-order valence-corrected chi connectivity index (χ4v) is 6.40. The molecule has 0 spiro atoms. The summed E-state index contributed by atoms with van der Waals surface area (Å²) in [5.41, 5.74) is 11.9. The maximum Gasteiger partial charge on any atom is 0.135 e. The molecular formula is C42H38N2O. The van der Waals surface area contributed by atoms with Gasteiger partial charge in [-0.2, -0.15) is 0 Å². The molecule has 0 fully saturated rings. The predicted octanol–water partition coefficient (Wildman–Crippen LogP) is 10.6. The second-order valence-corrected chi connectivity index (χ2v) is 12.0. The standard InChI is InChI=1S/C42H38N2O/c1-31-23-41-37(25-39(31)43(27-33-15-7-3-8-16-33)28-34-17-9-4-10-18-34)38-26-40(32(2)24-42(38)45-41)44(29-35-19-11-5-12-20-35)30-36-21-13-6-14-22-36/h3-26H,27-30H2,1-2H3. The third-order valence-corrected chi connectivity index (χ3v) is 8.65. The molecular weight excluding hydrogens is 548 g/mol. The Balaban J connectivity index is 1.33. The number of benzene rings is 6. The van der Waals surface area contributed by atoms with Crippen LogP contribution in [0.1, 0.15) is 33.4 Å². The minimum absolute atomic E-state index is 0.824. The first-order valence-electron chi connectivity index (χ1n) is 15.7. The van der Waals surface area contributed by atoms with E-state index in [1.807, 2.05) is 0 Å². The Morgan fingerprint density at radius 2 is 0.689 bits per heavy atom. The number of fused-ring (bicyclic) bond motifs is 3. The Hall–Kier alpha value is -5.28. The lowest BCUT2D eigenvalue weighted by Crippen LogP contribution is -2.23. The van der Waals surface area contributed by atoms with Gasteiger partial charge in [0.1, 0.15) is 11.2 Å². The highest BCUT2D eigenvalue weighted by atomic mass is 16.3. The van der Waals surface area contributed by atoms with Crippen molar-refractivity contribution in [3.8, 4) is 0 Å². The van der Waals surface area contributed by atoms with Crippen molar-refractivity contribution in [3.63, 3.8) is 0 Å². The van der Waals surface area contributed by atoms with Gasteiger partial charge in [-0.05, 0) is 71.5 Å². The second kappa shape index (κ2) is 12.8. The van der Waals surface area contributed by atoms with Crippen molar-refractivity contribution >= 4 is 33.3 Å². The summed E-state index contributed by atoms with van der Waals surface area (Å²) in [6.07, 6.45) is 0. The zero-order valence-corrected chi connectivity index (χ0v) is 26.0. The molecule has 7 rings (SSSR count). The summed E-state index contributed by atoms with van der Waals surface area (Å²) < 4.78 is 6.52. The molecule has 0 aliphatic heterocycles. The molecule has 0 unspecified atom stereocenters. The molecule has 1 heterocycles. The zero-order valence-electron chi connectivity index (χ0n) is 26.0.